The summed E-state index contributed by atoms with van der Waals surface area (Å²) in [5, 5.41) is 3.80. The summed E-state index contributed by atoms with van der Waals surface area (Å²) < 4.78 is 60.9. The van der Waals surface area contributed by atoms with E-state index in [0.717, 1.165) is 6.07 Å². The lowest BCUT2D eigenvalue weighted by Gasteiger charge is -2.09. The van der Waals surface area contributed by atoms with Crippen molar-refractivity contribution in [3.8, 4) is 11.5 Å². The molecule has 0 radical (unpaired) electrons. The molecule has 9 heteroatoms. The van der Waals surface area contributed by atoms with Crippen LogP contribution in [0, 0.1) is 11.6 Å². The fourth-order valence-electron chi connectivity index (χ4n) is 2.18. The molecule has 3 aromatic rings. The van der Waals surface area contributed by atoms with Crippen LogP contribution in [0.5, 0.6) is 11.5 Å². The molecular weight excluding hydrogens is 364 g/mol. The van der Waals surface area contributed by atoms with Gasteiger partial charge >= 0.3 is 0 Å². The lowest BCUT2D eigenvalue weighted by Crippen LogP contribution is -2.23. The maximum atomic E-state index is 14.2. The number of aryl methyl sites for hydroxylation is 1. The third kappa shape index (κ3) is 4.06. The fraction of sp³-hybridized carbons (Fsp3) is 0.118. The molecule has 3 rings (SSSR count). The number of nitrogens with zero attached hydrogens (tertiary/aromatic N) is 2. The first kappa shape index (κ1) is 18.0. The Bertz CT molecular complexity index is 1040. The lowest BCUT2D eigenvalue weighted by molar-refractivity contribution is 0.414. The minimum atomic E-state index is -3.75. The zero-order valence-electron chi connectivity index (χ0n) is 13.7. The van der Waals surface area contributed by atoms with Crippen LogP contribution in [0.2, 0.25) is 0 Å². The highest BCUT2D eigenvalue weighted by Crippen LogP contribution is 2.27. The second kappa shape index (κ2) is 7.22. The molecule has 0 atom stereocenters. The highest BCUT2D eigenvalue weighted by Gasteiger charge is 2.16. The second-order valence-corrected chi connectivity index (χ2v) is 7.24. The first-order valence-corrected chi connectivity index (χ1v) is 9.02. The minimum absolute atomic E-state index is 0.0139. The Morgan fingerprint density at radius 2 is 1.85 bits per heavy atom. The largest absolute Gasteiger partial charge is 0.451 e. The van der Waals surface area contributed by atoms with Crippen LogP contribution in [-0.2, 0) is 23.6 Å². The van der Waals surface area contributed by atoms with Gasteiger partial charge in [0.15, 0.2) is 23.1 Å². The Labute approximate surface area is 149 Å². The summed E-state index contributed by atoms with van der Waals surface area (Å²) in [6.07, 6.45) is 2.57. The number of halogens is 2. The van der Waals surface area contributed by atoms with E-state index < -0.39 is 21.7 Å². The van der Waals surface area contributed by atoms with Gasteiger partial charge in [-0.1, -0.05) is 18.2 Å². The maximum Gasteiger partial charge on any atom is 0.243 e. The van der Waals surface area contributed by atoms with Crippen molar-refractivity contribution < 1.29 is 21.9 Å². The van der Waals surface area contributed by atoms with Crippen LogP contribution >= 0.6 is 0 Å². The number of hydrogen-bond donors (Lipinski definition) is 1. The number of rotatable bonds is 6. The first-order chi connectivity index (χ1) is 12.3. The summed E-state index contributed by atoms with van der Waals surface area (Å²) in [4.78, 5) is 0.0139. The van der Waals surface area contributed by atoms with Crippen molar-refractivity contribution in [2.75, 3.05) is 0 Å². The number of sulfonamides is 1. The molecular formula is C17H15F2N3O3S. The molecule has 0 bridgehead atoms. The molecule has 0 aliphatic rings. The van der Waals surface area contributed by atoms with Gasteiger partial charge in [0.2, 0.25) is 10.0 Å². The van der Waals surface area contributed by atoms with Crippen molar-refractivity contribution in [3.63, 3.8) is 0 Å². The molecule has 136 valence electrons. The summed E-state index contributed by atoms with van der Waals surface area (Å²) in [5.74, 6) is -1.60. The molecule has 0 unspecified atom stereocenters. The summed E-state index contributed by atoms with van der Waals surface area (Å²) >= 11 is 0. The van der Waals surface area contributed by atoms with E-state index in [1.807, 2.05) is 0 Å². The molecule has 1 heterocycles. The first-order valence-electron chi connectivity index (χ1n) is 7.54. The van der Waals surface area contributed by atoms with Gasteiger partial charge in [0.05, 0.1) is 6.20 Å². The molecule has 2 aromatic carbocycles. The Morgan fingerprint density at radius 3 is 2.50 bits per heavy atom. The smallest absolute Gasteiger partial charge is 0.243 e. The highest BCUT2D eigenvalue weighted by atomic mass is 32.2. The molecule has 0 saturated heterocycles. The summed E-state index contributed by atoms with van der Waals surface area (Å²) in [6, 6.07) is 9.58. The van der Waals surface area contributed by atoms with Crippen molar-refractivity contribution in [1.29, 1.82) is 0 Å². The third-order valence-electron chi connectivity index (χ3n) is 3.51. The lowest BCUT2D eigenvalue weighted by atomic mass is 10.2. The third-order valence-corrected chi connectivity index (χ3v) is 4.87. The van der Waals surface area contributed by atoms with Gasteiger partial charge < -0.3 is 4.74 Å². The molecule has 26 heavy (non-hydrogen) atoms. The standard InChI is InChI=1S/C17H15F2N3O3S/c1-22-11-13(10-20-22)26(23,24)21-9-12-6-7-17(15(19)8-12)25-16-5-3-2-4-14(16)18/h2-8,10-11,21H,9H2,1H3. The van der Waals surface area contributed by atoms with Gasteiger partial charge in [0.1, 0.15) is 4.90 Å². The average Bonchev–Trinajstić information content (AvgIpc) is 3.04. The molecule has 1 aromatic heterocycles. The number of hydrogen-bond acceptors (Lipinski definition) is 4. The predicted octanol–water partition coefficient (Wildman–Crippen LogP) is 2.97. The quantitative estimate of drug-likeness (QED) is 0.715. The van der Waals surface area contributed by atoms with Crippen LogP contribution in [0.4, 0.5) is 8.78 Å². The van der Waals surface area contributed by atoms with Crippen molar-refractivity contribution in [3.05, 3.63) is 72.1 Å². The fourth-order valence-corrected chi connectivity index (χ4v) is 3.18. The zero-order chi connectivity index (χ0) is 18.7. The molecule has 0 aliphatic carbocycles. The van der Waals surface area contributed by atoms with E-state index >= 15 is 0 Å². The topological polar surface area (TPSA) is 73.2 Å². The van der Waals surface area contributed by atoms with Gasteiger partial charge in [-0.05, 0) is 29.8 Å². The molecule has 6 nitrogen and oxygen atoms in total. The van der Waals surface area contributed by atoms with E-state index in [4.69, 9.17) is 4.74 Å². The van der Waals surface area contributed by atoms with Crippen LogP contribution in [0.25, 0.3) is 0 Å². The summed E-state index contributed by atoms with van der Waals surface area (Å²) in [5.41, 5.74) is 0.385. The van der Waals surface area contributed by atoms with Crippen LogP contribution in [0.1, 0.15) is 5.56 Å². The van der Waals surface area contributed by atoms with Crippen LogP contribution in [0.3, 0.4) is 0 Å². The van der Waals surface area contributed by atoms with E-state index in [1.165, 1.54) is 47.4 Å². The SMILES string of the molecule is Cn1cc(S(=O)(=O)NCc2ccc(Oc3ccccc3F)c(F)c2)cn1. The Kier molecular flexibility index (Phi) is 5.01. The van der Waals surface area contributed by atoms with Crippen molar-refractivity contribution in [1.82, 2.24) is 14.5 Å². The summed E-state index contributed by atoms with van der Waals surface area (Å²) in [6.45, 7) is -0.117. The van der Waals surface area contributed by atoms with Crippen molar-refractivity contribution in [2.45, 2.75) is 11.4 Å². The van der Waals surface area contributed by atoms with E-state index in [1.54, 1.807) is 13.1 Å². The molecule has 0 saturated carbocycles. The molecule has 1 N–H and O–H groups in total. The normalized spacial score (nSPS) is 11.5. The van der Waals surface area contributed by atoms with Crippen LogP contribution in [-0.4, -0.2) is 18.2 Å². The Hall–Kier alpha value is -2.78. The molecule has 0 amide bonds. The minimum Gasteiger partial charge on any atom is -0.451 e. The number of benzene rings is 2. The highest BCUT2D eigenvalue weighted by molar-refractivity contribution is 7.89. The molecule has 0 fully saturated rings. The number of ether oxygens (including phenoxy) is 1. The van der Waals surface area contributed by atoms with Crippen molar-refractivity contribution >= 4 is 10.0 Å². The second-order valence-electron chi connectivity index (χ2n) is 5.47. The molecule has 0 aliphatic heterocycles. The van der Waals surface area contributed by atoms with Crippen molar-refractivity contribution in [2.24, 2.45) is 7.05 Å². The van der Waals surface area contributed by atoms with Crippen LogP contribution < -0.4 is 9.46 Å². The summed E-state index contributed by atoms with van der Waals surface area (Å²) in [7, 11) is -2.15. The van der Waals surface area contributed by atoms with E-state index in [0.29, 0.717) is 5.56 Å². The van der Waals surface area contributed by atoms with Gasteiger partial charge in [-0.15, -0.1) is 0 Å². The number of nitrogens with one attached hydrogen (secondary N) is 1. The van der Waals surface area contributed by atoms with Gasteiger partial charge in [-0.25, -0.2) is 21.9 Å². The van der Waals surface area contributed by atoms with E-state index in [9.17, 15) is 17.2 Å². The predicted molar refractivity (Wildman–Crippen MR) is 90.1 cm³/mol. The average molecular weight is 379 g/mol. The van der Waals surface area contributed by atoms with Gasteiger partial charge in [-0.3, -0.25) is 4.68 Å². The number of aromatic nitrogens is 2. The maximum absolute atomic E-state index is 14.2. The van der Waals surface area contributed by atoms with Gasteiger partial charge in [-0.2, -0.15) is 5.10 Å². The van der Waals surface area contributed by atoms with E-state index in [-0.39, 0.29) is 22.9 Å². The van der Waals surface area contributed by atoms with Crippen LogP contribution in [0.15, 0.2) is 59.8 Å². The number of para-hydroxylation sites is 1. The molecule has 0 spiro atoms. The Morgan fingerprint density at radius 1 is 1.12 bits per heavy atom. The monoisotopic (exact) mass is 379 g/mol. The van der Waals surface area contributed by atoms with Gasteiger partial charge in [0, 0.05) is 19.8 Å². The van der Waals surface area contributed by atoms with E-state index in [2.05, 4.69) is 9.82 Å². The Balaban J connectivity index is 1.71. The van der Waals surface area contributed by atoms with Gasteiger partial charge in [0.25, 0.3) is 0 Å². The zero-order valence-corrected chi connectivity index (χ0v) is 14.5.